The molecule has 8 heteroatoms. The molecule has 0 spiro atoms. The average molecular weight is 352 g/mol. The summed E-state index contributed by atoms with van der Waals surface area (Å²) in [5.41, 5.74) is 7.26. The summed E-state index contributed by atoms with van der Waals surface area (Å²) >= 11 is 0. The fourth-order valence-electron chi connectivity index (χ4n) is 2.68. The molecule has 3 rings (SSSR count). The number of carbonyl (C=O) groups is 1. The summed E-state index contributed by atoms with van der Waals surface area (Å²) in [5.74, 6) is -0.409. The normalized spacial score (nSPS) is 10.7. The van der Waals surface area contributed by atoms with Crippen molar-refractivity contribution in [2.75, 3.05) is 11.9 Å². The molecule has 0 saturated heterocycles. The van der Waals surface area contributed by atoms with Gasteiger partial charge in [-0.25, -0.2) is 4.98 Å². The van der Waals surface area contributed by atoms with E-state index in [1.54, 1.807) is 30.3 Å². The number of aromatic nitrogens is 4. The number of hydrogen-bond acceptors (Lipinski definition) is 5. The van der Waals surface area contributed by atoms with E-state index in [2.05, 4.69) is 15.4 Å². The first-order chi connectivity index (χ1) is 12.5. The van der Waals surface area contributed by atoms with Gasteiger partial charge in [-0.2, -0.15) is 5.10 Å². The van der Waals surface area contributed by atoms with E-state index in [1.165, 1.54) is 4.57 Å². The molecule has 3 N–H and O–H groups in total. The number of carbonyl (C=O) groups excluding carboxylic acids is 1. The predicted octanol–water partition coefficient (Wildman–Crippen LogP) is 0.784. The summed E-state index contributed by atoms with van der Waals surface area (Å²) < 4.78 is 2.93. The molecule has 0 fully saturated rings. The maximum Gasteiger partial charge on any atom is 0.294 e. The van der Waals surface area contributed by atoms with Crippen molar-refractivity contribution in [3.63, 3.8) is 0 Å². The standard InChI is InChI=1S/C18H20N6O2/c1-23-11-14(9-22-23)15-10-21-17(18(26)24(15)12-16(19)25)20-8-7-13-5-3-2-4-6-13/h2-6,9-11H,7-8,12H2,1H3,(H2,19,25)(H,20,21). The number of primary amides is 1. The van der Waals surface area contributed by atoms with Crippen molar-refractivity contribution >= 4 is 11.7 Å². The number of anilines is 1. The van der Waals surface area contributed by atoms with Crippen LogP contribution in [-0.4, -0.2) is 31.8 Å². The third-order valence-corrected chi connectivity index (χ3v) is 3.92. The van der Waals surface area contributed by atoms with Crippen molar-refractivity contribution in [2.24, 2.45) is 12.8 Å². The van der Waals surface area contributed by atoms with Crippen LogP contribution >= 0.6 is 0 Å². The maximum absolute atomic E-state index is 12.8. The number of amides is 1. The van der Waals surface area contributed by atoms with Crippen molar-refractivity contribution in [3.05, 3.63) is 64.8 Å². The second kappa shape index (κ2) is 7.64. The summed E-state index contributed by atoms with van der Waals surface area (Å²) in [6.07, 6.45) is 5.65. The Labute approximate surface area is 150 Å². The number of nitrogens with two attached hydrogens (primary N) is 1. The van der Waals surface area contributed by atoms with Crippen molar-refractivity contribution in [1.82, 2.24) is 19.3 Å². The SMILES string of the molecule is Cn1cc(-c2cnc(NCCc3ccccc3)c(=O)n2CC(N)=O)cn1. The summed E-state index contributed by atoms with van der Waals surface area (Å²) in [7, 11) is 1.77. The molecule has 1 aromatic carbocycles. The predicted molar refractivity (Wildman–Crippen MR) is 98.5 cm³/mol. The first-order valence-corrected chi connectivity index (χ1v) is 8.19. The summed E-state index contributed by atoms with van der Waals surface area (Å²) in [4.78, 5) is 28.4. The van der Waals surface area contributed by atoms with Gasteiger partial charge in [-0.3, -0.25) is 18.8 Å². The number of hydrogen-bond donors (Lipinski definition) is 2. The first kappa shape index (κ1) is 17.4. The van der Waals surface area contributed by atoms with E-state index in [1.807, 2.05) is 30.3 Å². The van der Waals surface area contributed by atoms with Crippen molar-refractivity contribution in [2.45, 2.75) is 13.0 Å². The van der Waals surface area contributed by atoms with Crippen LogP contribution in [0, 0.1) is 0 Å². The topological polar surface area (TPSA) is 108 Å². The first-order valence-electron chi connectivity index (χ1n) is 8.19. The molecular weight excluding hydrogens is 332 g/mol. The average Bonchev–Trinajstić information content (AvgIpc) is 3.05. The van der Waals surface area contributed by atoms with Crippen LogP contribution in [0.2, 0.25) is 0 Å². The zero-order valence-corrected chi connectivity index (χ0v) is 14.4. The second-order valence-corrected chi connectivity index (χ2v) is 5.91. The molecule has 0 atom stereocenters. The lowest BCUT2D eigenvalue weighted by Crippen LogP contribution is -2.31. The molecule has 2 heterocycles. The molecule has 0 aliphatic heterocycles. The van der Waals surface area contributed by atoms with Crippen LogP contribution in [0.3, 0.4) is 0 Å². The maximum atomic E-state index is 12.8. The fourth-order valence-corrected chi connectivity index (χ4v) is 2.68. The minimum absolute atomic E-state index is 0.190. The molecule has 0 radical (unpaired) electrons. The highest BCUT2D eigenvalue weighted by atomic mass is 16.2. The van der Waals surface area contributed by atoms with Crippen molar-refractivity contribution in [1.29, 1.82) is 0 Å². The third kappa shape index (κ3) is 3.97. The molecule has 134 valence electrons. The van der Waals surface area contributed by atoms with Gasteiger partial charge in [0.15, 0.2) is 5.82 Å². The molecule has 0 aliphatic carbocycles. The number of rotatable bonds is 7. The zero-order valence-electron chi connectivity index (χ0n) is 14.4. The highest BCUT2D eigenvalue weighted by Gasteiger charge is 2.14. The third-order valence-electron chi connectivity index (χ3n) is 3.92. The van der Waals surface area contributed by atoms with Crippen molar-refractivity contribution < 1.29 is 4.79 Å². The Bertz CT molecular complexity index is 961. The Hall–Kier alpha value is -3.42. The van der Waals surface area contributed by atoms with Crippen LogP contribution in [0.5, 0.6) is 0 Å². The Morgan fingerprint density at radius 1 is 1.23 bits per heavy atom. The van der Waals surface area contributed by atoms with E-state index in [4.69, 9.17) is 5.73 Å². The molecule has 0 unspecified atom stereocenters. The van der Waals surface area contributed by atoms with E-state index in [0.717, 1.165) is 12.0 Å². The fraction of sp³-hybridized carbons (Fsp3) is 0.222. The van der Waals surface area contributed by atoms with Gasteiger partial charge in [0, 0.05) is 25.4 Å². The second-order valence-electron chi connectivity index (χ2n) is 5.91. The molecule has 0 aliphatic rings. The van der Waals surface area contributed by atoms with E-state index in [0.29, 0.717) is 17.8 Å². The van der Waals surface area contributed by atoms with Gasteiger partial charge in [0.1, 0.15) is 6.54 Å². The monoisotopic (exact) mass is 352 g/mol. The van der Waals surface area contributed by atoms with Gasteiger partial charge in [0.2, 0.25) is 5.91 Å². The minimum Gasteiger partial charge on any atom is -0.368 e. The van der Waals surface area contributed by atoms with E-state index >= 15 is 0 Å². The summed E-state index contributed by atoms with van der Waals surface area (Å²) in [6, 6.07) is 9.93. The van der Waals surface area contributed by atoms with E-state index in [9.17, 15) is 9.59 Å². The number of aryl methyl sites for hydroxylation is 1. The lowest BCUT2D eigenvalue weighted by atomic mass is 10.1. The van der Waals surface area contributed by atoms with Gasteiger partial charge < -0.3 is 11.1 Å². The smallest absolute Gasteiger partial charge is 0.294 e. The molecule has 0 saturated carbocycles. The van der Waals surface area contributed by atoms with Crippen LogP contribution in [0.15, 0.2) is 53.7 Å². The summed E-state index contributed by atoms with van der Waals surface area (Å²) in [5, 5.41) is 7.13. The molecule has 1 amide bonds. The van der Waals surface area contributed by atoms with Crippen LogP contribution in [-0.2, 0) is 24.8 Å². The Morgan fingerprint density at radius 2 is 2.00 bits per heavy atom. The highest BCUT2D eigenvalue weighted by Crippen LogP contribution is 2.17. The van der Waals surface area contributed by atoms with Gasteiger partial charge in [-0.1, -0.05) is 30.3 Å². The Kier molecular flexibility index (Phi) is 5.12. The number of nitrogens with one attached hydrogen (secondary N) is 1. The van der Waals surface area contributed by atoms with Gasteiger partial charge in [-0.15, -0.1) is 0 Å². The Morgan fingerprint density at radius 3 is 2.65 bits per heavy atom. The lowest BCUT2D eigenvalue weighted by Gasteiger charge is -2.12. The lowest BCUT2D eigenvalue weighted by molar-refractivity contribution is -0.118. The number of benzene rings is 1. The Balaban J connectivity index is 1.85. The van der Waals surface area contributed by atoms with Gasteiger partial charge >= 0.3 is 0 Å². The van der Waals surface area contributed by atoms with Crippen molar-refractivity contribution in [3.8, 4) is 11.3 Å². The van der Waals surface area contributed by atoms with Gasteiger partial charge in [0.25, 0.3) is 5.56 Å². The largest absolute Gasteiger partial charge is 0.368 e. The van der Waals surface area contributed by atoms with E-state index in [-0.39, 0.29) is 12.4 Å². The van der Waals surface area contributed by atoms with Gasteiger partial charge in [-0.05, 0) is 12.0 Å². The molecule has 0 bridgehead atoms. The number of nitrogens with zero attached hydrogens (tertiary/aromatic N) is 4. The molecule has 3 aromatic rings. The van der Waals surface area contributed by atoms with Crippen LogP contribution < -0.4 is 16.6 Å². The zero-order chi connectivity index (χ0) is 18.5. The van der Waals surface area contributed by atoms with Crippen LogP contribution in [0.4, 0.5) is 5.82 Å². The molecular formula is C18H20N6O2. The minimum atomic E-state index is -0.598. The molecule has 26 heavy (non-hydrogen) atoms. The summed E-state index contributed by atoms with van der Waals surface area (Å²) in [6.45, 7) is 0.327. The van der Waals surface area contributed by atoms with Gasteiger partial charge in [0.05, 0.1) is 18.1 Å². The van der Waals surface area contributed by atoms with Crippen LogP contribution in [0.1, 0.15) is 5.56 Å². The quantitative estimate of drug-likeness (QED) is 0.653. The molecule has 8 nitrogen and oxygen atoms in total. The van der Waals surface area contributed by atoms with Crippen LogP contribution in [0.25, 0.3) is 11.3 Å². The highest BCUT2D eigenvalue weighted by molar-refractivity contribution is 5.74. The van der Waals surface area contributed by atoms with E-state index < -0.39 is 11.5 Å². The molecule has 2 aromatic heterocycles.